The Kier molecular flexibility index (Phi) is 4.65. The lowest BCUT2D eigenvalue weighted by molar-refractivity contribution is -0.141. The molecule has 7 heteroatoms. The Balaban J connectivity index is 1.50. The van der Waals surface area contributed by atoms with Crippen LogP contribution in [0.25, 0.3) is 0 Å². The predicted molar refractivity (Wildman–Crippen MR) is 93.1 cm³/mol. The van der Waals surface area contributed by atoms with Gasteiger partial charge in [0.1, 0.15) is 11.9 Å². The summed E-state index contributed by atoms with van der Waals surface area (Å²) in [6.45, 7) is 4.35. The fourth-order valence-corrected chi connectivity index (χ4v) is 3.51. The van der Waals surface area contributed by atoms with Gasteiger partial charge in [-0.15, -0.1) is 0 Å². The average Bonchev–Trinajstić information content (AvgIpc) is 3.31. The number of aromatic nitrogens is 3. The van der Waals surface area contributed by atoms with E-state index >= 15 is 0 Å². The van der Waals surface area contributed by atoms with Gasteiger partial charge in [-0.3, -0.25) is 9.48 Å². The fourth-order valence-electron chi connectivity index (χ4n) is 3.51. The van der Waals surface area contributed by atoms with Gasteiger partial charge < -0.3 is 14.5 Å². The fraction of sp³-hybridized carbons (Fsp3) is 0.500. The maximum atomic E-state index is 12.8. The minimum atomic E-state index is -0.268. The van der Waals surface area contributed by atoms with Crippen LogP contribution in [-0.2, 0) is 22.6 Å². The van der Waals surface area contributed by atoms with Crippen molar-refractivity contribution < 1.29 is 9.53 Å². The molecule has 7 nitrogen and oxygen atoms in total. The van der Waals surface area contributed by atoms with E-state index < -0.39 is 0 Å². The van der Waals surface area contributed by atoms with Gasteiger partial charge in [-0.2, -0.15) is 5.10 Å². The summed E-state index contributed by atoms with van der Waals surface area (Å²) in [4.78, 5) is 21.5. The lowest BCUT2D eigenvalue weighted by atomic mass is 10.2. The summed E-state index contributed by atoms with van der Waals surface area (Å²) in [6.07, 6.45) is 7.10. The monoisotopic (exact) mass is 341 g/mol. The van der Waals surface area contributed by atoms with Crippen LogP contribution in [0.3, 0.4) is 0 Å². The highest BCUT2D eigenvalue weighted by Crippen LogP contribution is 2.24. The summed E-state index contributed by atoms with van der Waals surface area (Å²) >= 11 is 0. The van der Waals surface area contributed by atoms with Crippen LogP contribution in [0.5, 0.6) is 0 Å². The van der Waals surface area contributed by atoms with E-state index in [0.29, 0.717) is 19.7 Å². The molecular weight excluding hydrogens is 318 g/mol. The van der Waals surface area contributed by atoms with Crippen molar-refractivity contribution in [3.05, 3.63) is 42.4 Å². The number of carbonyl (C=O) groups is 1. The third kappa shape index (κ3) is 3.51. The van der Waals surface area contributed by atoms with Crippen LogP contribution in [-0.4, -0.2) is 57.9 Å². The van der Waals surface area contributed by atoms with Crippen LogP contribution >= 0.6 is 0 Å². The first-order valence-corrected chi connectivity index (χ1v) is 8.88. The van der Waals surface area contributed by atoms with Gasteiger partial charge in [0, 0.05) is 56.9 Å². The molecular formula is C18H23N5O2. The number of anilines is 1. The van der Waals surface area contributed by atoms with Gasteiger partial charge in [-0.25, -0.2) is 4.98 Å². The minimum absolute atomic E-state index is 0.112. The number of pyridine rings is 1. The van der Waals surface area contributed by atoms with E-state index in [0.717, 1.165) is 43.9 Å². The molecule has 4 rings (SSSR count). The largest absolute Gasteiger partial charge is 0.368 e. The normalized spacial score (nSPS) is 20.4. The number of hydrogen-bond acceptors (Lipinski definition) is 5. The lowest BCUT2D eigenvalue weighted by Gasteiger charge is -2.25. The highest BCUT2D eigenvalue weighted by atomic mass is 16.5. The van der Waals surface area contributed by atoms with Crippen LogP contribution < -0.4 is 4.90 Å². The molecule has 0 N–H and O–H groups in total. The molecule has 2 aromatic rings. The Morgan fingerprint density at radius 2 is 2.20 bits per heavy atom. The number of ether oxygens (including phenoxy) is 1. The van der Waals surface area contributed by atoms with Gasteiger partial charge in [0.2, 0.25) is 0 Å². The molecule has 2 aromatic heterocycles. The van der Waals surface area contributed by atoms with E-state index in [1.165, 1.54) is 0 Å². The van der Waals surface area contributed by atoms with E-state index in [-0.39, 0.29) is 12.0 Å². The molecule has 0 spiro atoms. The zero-order valence-corrected chi connectivity index (χ0v) is 14.3. The number of fused-ring (bicyclic) bond motifs is 1. The molecule has 1 amide bonds. The first-order valence-electron chi connectivity index (χ1n) is 8.88. The maximum absolute atomic E-state index is 12.8. The first-order chi connectivity index (χ1) is 12.3. The summed E-state index contributed by atoms with van der Waals surface area (Å²) < 4.78 is 7.51. The number of rotatable bonds is 4. The van der Waals surface area contributed by atoms with Gasteiger partial charge in [-0.05, 0) is 25.0 Å². The number of carbonyl (C=O) groups excluding carboxylic acids is 1. The van der Waals surface area contributed by atoms with Gasteiger partial charge in [0.05, 0.1) is 6.54 Å². The Hall–Kier alpha value is -2.41. The van der Waals surface area contributed by atoms with Crippen LogP contribution in [0, 0.1) is 0 Å². The molecule has 2 aliphatic heterocycles. The molecule has 1 fully saturated rings. The third-order valence-corrected chi connectivity index (χ3v) is 4.84. The molecule has 25 heavy (non-hydrogen) atoms. The molecule has 0 radical (unpaired) electrons. The Labute approximate surface area is 147 Å². The molecule has 0 aliphatic carbocycles. The molecule has 4 heterocycles. The Morgan fingerprint density at radius 3 is 3.00 bits per heavy atom. The quantitative estimate of drug-likeness (QED) is 0.839. The van der Waals surface area contributed by atoms with Crippen LogP contribution in [0.4, 0.5) is 5.82 Å². The van der Waals surface area contributed by atoms with Gasteiger partial charge in [-0.1, -0.05) is 6.07 Å². The van der Waals surface area contributed by atoms with Crippen LogP contribution in [0.15, 0.2) is 36.8 Å². The topological polar surface area (TPSA) is 63.5 Å². The first kappa shape index (κ1) is 16.1. The van der Waals surface area contributed by atoms with Gasteiger partial charge in [0.15, 0.2) is 0 Å². The van der Waals surface area contributed by atoms with Crippen LogP contribution in [0.1, 0.15) is 18.4 Å². The maximum Gasteiger partial charge on any atom is 0.252 e. The lowest BCUT2D eigenvalue weighted by Crippen LogP contribution is -2.41. The number of nitrogens with zero attached hydrogens (tertiary/aromatic N) is 5. The minimum Gasteiger partial charge on any atom is -0.368 e. The van der Waals surface area contributed by atoms with Crippen molar-refractivity contribution in [3.63, 3.8) is 0 Å². The summed E-state index contributed by atoms with van der Waals surface area (Å²) in [5.41, 5.74) is 1.09. The molecule has 0 saturated carbocycles. The summed E-state index contributed by atoms with van der Waals surface area (Å²) in [5, 5.41) is 4.26. The van der Waals surface area contributed by atoms with Crippen molar-refractivity contribution in [1.29, 1.82) is 0 Å². The van der Waals surface area contributed by atoms with Crippen molar-refractivity contribution in [2.45, 2.75) is 32.0 Å². The van der Waals surface area contributed by atoms with Crippen LogP contribution in [0.2, 0.25) is 0 Å². The zero-order chi connectivity index (χ0) is 17.1. The average molecular weight is 341 g/mol. The van der Waals surface area contributed by atoms with E-state index in [9.17, 15) is 4.79 Å². The molecule has 1 atom stereocenters. The molecule has 1 saturated heterocycles. The summed E-state index contributed by atoms with van der Waals surface area (Å²) in [5.74, 6) is 1.08. The van der Waals surface area contributed by atoms with E-state index in [2.05, 4.69) is 21.0 Å². The van der Waals surface area contributed by atoms with Crippen molar-refractivity contribution >= 4 is 11.7 Å². The van der Waals surface area contributed by atoms with Gasteiger partial charge in [0.25, 0.3) is 5.91 Å². The second-order valence-electron chi connectivity index (χ2n) is 6.50. The second kappa shape index (κ2) is 7.23. The van der Waals surface area contributed by atoms with Gasteiger partial charge >= 0.3 is 0 Å². The summed E-state index contributed by atoms with van der Waals surface area (Å²) in [6, 6.07) is 5.92. The van der Waals surface area contributed by atoms with Crippen molar-refractivity contribution in [3.8, 4) is 0 Å². The molecule has 0 bridgehead atoms. The molecule has 2 aliphatic rings. The van der Waals surface area contributed by atoms with Crippen molar-refractivity contribution in [1.82, 2.24) is 19.7 Å². The third-order valence-electron chi connectivity index (χ3n) is 4.84. The predicted octanol–water partition coefficient (Wildman–Crippen LogP) is 1.31. The molecule has 0 unspecified atom stereocenters. The molecule has 132 valence electrons. The Morgan fingerprint density at radius 1 is 1.24 bits per heavy atom. The second-order valence-corrected chi connectivity index (χ2v) is 6.50. The highest BCUT2D eigenvalue weighted by molar-refractivity contribution is 5.81. The zero-order valence-electron chi connectivity index (χ0n) is 14.3. The standard InChI is InChI=1S/C18H23N5O2/c24-18(16-5-2-13-25-16)22-10-9-21(11-12-23-8-3-7-20-23)17-15(14-22)4-1-6-19-17/h1,3-4,6-8,16H,2,5,9-14H2/t16-/m0/s1. The molecule has 0 aromatic carbocycles. The van der Waals surface area contributed by atoms with Crippen molar-refractivity contribution in [2.75, 3.05) is 31.1 Å². The smallest absolute Gasteiger partial charge is 0.252 e. The van der Waals surface area contributed by atoms with Crippen molar-refractivity contribution in [2.24, 2.45) is 0 Å². The SMILES string of the molecule is O=C([C@@H]1CCCO1)N1CCN(CCn2cccn2)c2ncccc2C1. The Bertz CT molecular complexity index is 712. The number of hydrogen-bond donors (Lipinski definition) is 0. The summed E-state index contributed by atoms with van der Waals surface area (Å²) in [7, 11) is 0. The van der Waals surface area contributed by atoms with E-state index in [1.54, 1.807) is 6.20 Å². The van der Waals surface area contributed by atoms with E-state index in [4.69, 9.17) is 4.74 Å². The highest BCUT2D eigenvalue weighted by Gasteiger charge is 2.31. The van der Waals surface area contributed by atoms with E-state index in [1.807, 2.05) is 34.1 Å². The number of amides is 1.